The van der Waals surface area contributed by atoms with Crippen LogP contribution in [0.3, 0.4) is 0 Å². The Balaban J connectivity index is 1.68. The van der Waals surface area contributed by atoms with Gasteiger partial charge in [-0.05, 0) is 44.5 Å². The van der Waals surface area contributed by atoms with Crippen molar-refractivity contribution < 1.29 is 4.74 Å². The van der Waals surface area contributed by atoms with Crippen molar-refractivity contribution in [3.8, 4) is 5.75 Å². The highest BCUT2D eigenvalue weighted by Crippen LogP contribution is 2.30. The van der Waals surface area contributed by atoms with Gasteiger partial charge in [0.1, 0.15) is 24.0 Å². The second-order valence-electron chi connectivity index (χ2n) is 6.06. The number of aromatic nitrogens is 4. The maximum atomic E-state index is 7.43. The van der Waals surface area contributed by atoms with Crippen LogP contribution in [0, 0.1) is 27.3 Å². The molecule has 0 atom stereocenters. The summed E-state index contributed by atoms with van der Waals surface area (Å²) in [6, 6.07) is 7.43. The highest BCUT2D eigenvalue weighted by molar-refractivity contribution is 5.73. The molecular weight excluding hydrogens is 342 g/mol. The summed E-state index contributed by atoms with van der Waals surface area (Å²) in [7, 11) is 0. The Morgan fingerprint density at radius 3 is 2.78 bits per heavy atom. The number of ether oxygens (including phenoxy) is 1. The number of nitrogens with one attached hydrogen (secondary N) is 3. The van der Waals surface area contributed by atoms with Crippen LogP contribution in [0.1, 0.15) is 17.0 Å². The SMILES string of the molecule is [C-]#[N+]c1c(C)cc(Nc2cc(C)[nH]n2)nc1NCCOc1cccnc1C. The Morgan fingerprint density at radius 1 is 1.22 bits per heavy atom. The van der Waals surface area contributed by atoms with E-state index < -0.39 is 0 Å². The summed E-state index contributed by atoms with van der Waals surface area (Å²) in [5.74, 6) is 2.57. The molecule has 0 saturated carbocycles. The van der Waals surface area contributed by atoms with Gasteiger partial charge in [0, 0.05) is 24.5 Å². The van der Waals surface area contributed by atoms with Crippen molar-refractivity contribution in [1.82, 2.24) is 20.2 Å². The number of pyridine rings is 2. The molecule has 8 heteroatoms. The van der Waals surface area contributed by atoms with Crippen LogP contribution in [0.2, 0.25) is 0 Å². The van der Waals surface area contributed by atoms with Crippen molar-refractivity contribution in [1.29, 1.82) is 0 Å². The molecule has 0 unspecified atom stereocenters. The number of H-pyrrole nitrogens is 1. The number of rotatable bonds is 7. The van der Waals surface area contributed by atoms with Gasteiger partial charge in [-0.25, -0.2) is 9.83 Å². The van der Waals surface area contributed by atoms with Gasteiger partial charge in [0.25, 0.3) is 0 Å². The molecule has 0 aliphatic carbocycles. The molecule has 0 aliphatic rings. The van der Waals surface area contributed by atoms with Gasteiger partial charge in [-0.1, -0.05) is 0 Å². The van der Waals surface area contributed by atoms with E-state index in [-0.39, 0.29) is 0 Å². The second-order valence-corrected chi connectivity index (χ2v) is 6.06. The van der Waals surface area contributed by atoms with Crippen LogP contribution in [-0.2, 0) is 0 Å². The molecule has 0 amide bonds. The number of nitrogens with zero attached hydrogens (tertiary/aromatic N) is 4. The summed E-state index contributed by atoms with van der Waals surface area (Å²) >= 11 is 0. The first kappa shape index (κ1) is 18.2. The smallest absolute Gasteiger partial charge is 0.231 e. The van der Waals surface area contributed by atoms with E-state index in [1.165, 1.54) is 0 Å². The van der Waals surface area contributed by atoms with E-state index in [0.29, 0.717) is 36.3 Å². The quantitative estimate of drug-likeness (QED) is 0.435. The number of aromatic amines is 1. The third-order valence-electron chi connectivity index (χ3n) is 3.87. The van der Waals surface area contributed by atoms with Crippen molar-refractivity contribution in [3.63, 3.8) is 0 Å². The lowest BCUT2D eigenvalue weighted by atomic mass is 10.2. The van der Waals surface area contributed by atoms with E-state index in [0.717, 1.165) is 22.7 Å². The van der Waals surface area contributed by atoms with Crippen molar-refractivity contribution in [2.75, 3.05) is 23.8 Å². The molecule has 27 heavy (non-hydrogen) atoms. The van der Waals surface area contributed by atoms with Crippen LogP contribution in [0.4, 0.5) is 23.1 Å². The summed E-state index contributed by atoms with van der Waals surface area (Å²) in [5.41, 5.74) is 3.12. The highest BCUT2D eigenvalue weighted by atomic mass is 16.5. The Labute approximate surface area is 157 Å². The van der Waals surface area contributed by atoms with E-state index in [2.05, 4.69) is 35.6 Å². The fourth-order valence-corrected chi connectivity index (χ4v) is 2.56. The maximum Gasteiger partial charge on any atom is 0.231 e. The van der Waals surface area contributed by atoms with Crippen LogP contribution in [0.5, 0.6) is 5.75 Å². The first-order valence-corrected chi connectivity index (χ1v) is 8.53. The Morgan fingerprint density at radius 2 is 2.07 bits per heavy atom. The van der Waals surface area contributed by atoms with E-state index in [9.17, 15) is 0 Å². The molecule has 3 aromatic rings. The molecule has 0 radical (unpaired) electrons. The molecule has 3 N–H and O–H groups in total. The number of hydrogen-bond donors (Lipinski definition) is 3. The zero-order valence-electron chi connectivity index (χ0n) is 15.5. The Kier molecular flexibility index (Phi) is 5.52. The second kappa shape index (κ2) is 8.19. The van der Waals surface area contributed by atoms with Crippen LogP contribution < -0.4 is 15.4 Å². The van der Waals surface area contributed by atoms with Gasteiger partial charge in [-0.3, -0.25) is 10.1 Å². The Hall–Kier alpha value is -3.60. The summed E-state index contributed by atoms with van der Waals surface area (Å²) in [4.78, 5) is 12.3. The van der Waals surface area contributed by atoms with Crippen LogP contribution in [0.15, 0.2) is 30.5 Å². The molecule has 0 fully saturated rings. The van der Waals surface area contributed by atoms with E-state index >= 15 is 0 Å². The van der Waals surface area contributed by atoms with Crippen LogP contribution in [-0.4, -0.2) is 33.3 Å². The molecular formula is C19H21N7O. The van der Waals surface area contributed by atoms with Gasteiger partial charge in [0.2, 0.25) is 5.69 Å². The third kappa shape index (κ3) is 4.52. The molecule has 0 bridgehead atoms. The number of anilines is 3. The summed E-state index contributed by atoms with van der Waals surface area (Å²) in [6.45, 7) is 14.1. The molecule has 0 aromatic carbocycles. The van der Waals surface area contributed by atoms with Crippen molar-refractivity contribution >= 4 is 23.1 Å². The molecule has 0 aliphatic heterocycles. The third-order valence-corrected chi connectivity index (χ3v) is 3.87. The lowest BCUT2D eigenvalue weighted by Crippen LogP contribution is -2.13. The fourth-order valence-electron chi connectivity index (χ4n) is 2.56. The average Bonchev–Trinajstić information content (AvgIpc) is 3.04. The minimum atomic E-state index is 0.431. The predicted molar refractivity (Wildman–Crippen MR) is 105 cm³/mol. The lowest BCUT2D eigenvalue weighted by molar-refractivity contribution is 0.329. The van der Waals surface area contributed by atoms with E-state index in [1.54, 1.807) is 6.20 Å². The molecule has 3 rings (SSSR count). The summed E-state index contributed by atoms with van der Waals surface area (Å²) < 4.78 is 5.73. The zero-order chi connectivity index (χ0) is 19.2. The molecule has 3 aromatic heterocycles. The molecule has 3 heterocycles. The largest absolute Gasteiger partial charge is 0.490 e. The molecule has 8 nitrogen and oxygen atoms in total. The minimum Gasteiger partial charge on any atom is -0.490 e. The first-order valence-electron chi connectivity index (χ1n) is 8.53. The van der Waals surface area contributed by atoms with Gasteiger partial charge in [-0.15, -0.1) is 0 Å². The fraction of sp³-hybridized carbons (Fsp3) is 0.263. The lowest BCUT2D eigenvalue weighted by Gasteiger charge is -2.13. The standard InChI is InChI=1S/C19H21N7O/c1-12-10-16(23-17-11-13(2)25-26-17)24-19(18(12)20-4)22-8-9-27-15-6-5-7-21-14(15)3/h5-7,10-11H,8-9H2,1-3H3,(H3,22,23,24,25,26). The van der Waals surface area contributed by atoms with Gasteiger partial charge < -0.3 is 15.4 Å². The average molecular weight is 363 g/mol. The Bertz CT molecular complexity index is 974. The minimum absolute atomic E-state index is 0.431. The van der Waals surface area contributed by atoms with Gasteiger partial charge in [0.15, 0.2) is 5.82 Å². The van der Waals surface area contributed by atoms with Crippen LogP contribution in [0.25, 0.3) is 4.85 Å². The van der Waals surface area contributed by atoms with Crippen molar-refractivity contribution in [2.24, 2.45) is 0 Å². The monoisotopic (exact) mass is 363 g/mol. The predicted octanol–water partition coefficient (Wildman–Crippen LogP) is 3.91. The first-order chi connectivity index (χ1) is 13.1. The van der Waals surface area contributed by atoms with Gasteiger partial charge in [-0.2, -0.15) is 5.10 Å². The number of hydrogen-bond acceptors (Lipinski definition) is 6. The van der Waals surface area contributed by atoms with Gasteiger partial charge in [0.05, 0.1) is 12.3 Å². The van der Waals surface area contributed by atoms with E-state index in [1.807, 2.05) is 45.0 Å². The van der Waals surface area contributed by atoms with Crippen LogP contribution >= 0.6 is 0 Å². The molecule has 0 spiro atoms. The maximum absolute atomic E-state index is 7.43. The molecule has 138 valence electrons. The normalized spacial score (nSPS) is 10.3. The molecule has 0 saturated heterocycles. The number of aryl methyl sites for hydroxylation is 3. The summed E-state index contributed by atoms with van der Waals surface area (Å²) in [6.07, 6.45) is 1.73. The van der Waals surface area contributed by atoms with Gasteiger partial charge >= 0.3 is 0 Å². The van der Waals surface area contributed by atoms with E-state index in [4.69, 9.17) is 11.3 Å². The van der Waals surface area contributed by atoms with Crippen molar-refractivity contribution in [3.05, 3.63) is 58.8 Å². The highest BCUT2D eigenvalue weighted by Gasteiger charge is 2.11. The van der Waals surface area contributed by atoms with Crippen molar-refractivity contribution in [2.45, 2.75) is 20.8 Å². The summed E-state index contributed by atoms with van der Waals surface area (Å²) in [5, 5.41) is 13.4. The topological polar surface area (TPSA) is 92.1 Å². The zero-order valence-corrected chi connectivity index (χ0v) is 15.5.